The third-order valence-electron chi connectivity index (χ3n) is 3.19. The van der Waals surface area contributed by atoms with Crippen molar-refractivity contribution < 1.29 is 13.2 Å². The van der Waals surface area contributed by atoms with Gasteiger partial charge >= 0.3 is 0 Å². The molecular weight excluding hydrogens is 344 g/mol. The first-order valence-electron chi connectivity index (χ1n) is 6.38. The zero-order valence-electron chi connectivity index (χ0n) is 11.2. The molecule has 1 heterocycles. The van der Waals surface area contributed by atoms with Gasteiger partial charge < -0.3 is 10.2 Å². The van der Waals surface area contributed by atoms with Crippen molar-refractivity contribution in [3.05, 3.63) is 28.7 Å². The van der Waals surface area contributed by atoms with Gasteiger partial charge in [0.1, 0.15) is 5.75 Å². The van der Waals surface area contributed by atoms with Gasteiger partial charge in [-0.25, -0.2) is 8.42 Å². The first-order valence-corrected chi connectivity index (χ1v) is 8.82. The first-order chi connectivity index (χ1) is 9.38. The van der Waals surface area contributed by atoms with Crippen LogP contribution in [-0.2, 0) is 14.6 Å². The average Bonchev–Trinajstić information content (AvgIpc) is 2.38. The van der Waals surface area contributed by atoms with Crippen molar-refractivity contribution in [1.82, 2.24) is 10.2 Å². The molecule has 1 N–H and O–H groups in total. The van der Waals surface area contributed by atoms with Gasteiger partial charge in [-0.1, -0.05) is 22.0 Å². The van der Waals surface area contributed by atoms with E-state index in [-0.39, 0.29) is 16.8 Å². The second-order valence-electron chi connectivity index (χ2n) is 4.91. The summed E-state index contributed by atoms with van der Waals surface area (Å²) in [5, 5.41) is 3.22. The van der Waals surface area contributed by atoms with E-state index in [0.29, 0.717) is 24.1 Å². The Morgan fingerprint density at radius 3 is 2.90 bits per heavy atom. The number of sulfone groups is 1. The standard InChI is InChI=1S/C13H17BrN2O3S/c1-10-8-16(6-5-15-10)13(17)9-20(18,19)12-4-2-3-11(14)7-12/h2-4,7,10,15H,5-6,8-9H2,1H3/t10-/m1/s1. The molecule has 1 atom stereocenters. The number of nitrogens with one attached hydrogen (secondary N) is 1. The second-order valence-corrected chi connectivity index (χ2v) is 7.82. The molecule has 1 saturated heterocycles. The van der Waals surface area contributed by atoms with E-state index in [1.165, 1.54) is 12.1 Å². The van der Waals surface area contributed by atoms with Gasteiger partial charge in [0.15, 0.2) is 9.84 Å². The van der Waals surface area contributed by atoms with Gasteiger partial charge in [0.05, 0.1) is 4.90 Å². The largest absolute Gasteiger partial charge is 0.339 e. The summed E-state index contributed by atoms with van der Waals surface area (Å²) in [5.41, 5.74) is 0. The molecule has 1 aromatic rings. The van der Waals surface area contributed by atoms with E-state index < -0.39 is 15.6 Å². The van der Waals surface area contributed by atoms with Crippen LogP contribution in [0.1, 0.15) is 6.92 Å². The Labute approximate surface area is 127 Å². The smallest absolute Gasteiger partial charge is 0.238 e. The van der Waals surface area contributed by atoms with Gasteiger partial charge in [-0.2, -0.15) is 0 Å². The Morgan fingerprint density at radius 1 is 1.50 bits per heavy atom. The van der Waals surface area contributed by atoms with Crippen LogP contribution in [-0.4, -0.2) is 50.7 Å². The van der Waals surface area contributed by atoms with Crippen LogP contribution in [0.4, 0.5) is 0 Å². The van der Waals surface area contributed by atoms with Gasteiger partial charge in [0, 0.05) is 30.1 Å². The fourth-order valence-electron chi connectivity index (χ4n) is 2.16. The number of carbonyl (C=O) groups excluding carboxylic acids is 1. The maximum atomic E-state index is 12.2. The van der Waals surface area contributed by atoms with Crippen LogP contribution < -0.4 is 5.32 Å². The van der Waals surface area contributed by atoms with E-state index in [9.17, 15) is 13.2 Å². The summed E-state index contributed by atoms with van der Waals surface area (Å²) in [6.45, 7) is 3.77. The normalized spacial score (nSPS) is 19.9. The van der Waals surface area contributed by atoms with Gasteiger partial charge in [-0.15, -0.1) is 0 Å². The molecule has 0 spiro atoms. The van der Waals surface area contributed by atoms with Crippen LogP contribution in [0, 0.1) is 0 Å². The summed E-state index contributed by atoms with van der Waals surface area (Å²) in [4.78, 5) is 13.9. The summed E-state index contributed by atoms with van der Waals surface area (Å²) >= 11 is 3.24. The van der Waals surface area contributed by atoms with Crippen LogP contribution in [0.5, 0.6) is 0 Å². The van der Waals surface area contributed by atoms with Crippen LogP contribution in [0.25, 0.3) is 0 Å². The lowest BCUT2D eigenvalue weighted by Crippen LogP contribution is -2.52. The predicted octanol–water partition coefficient (Wildman–Crippen LogP) is 1.04. The number of rotatable bonds is 3. The van der Waals surface area contributed by atoms with Crippen molar-refractivity contribution in [3.63, 3.8) is 0 Å². The molecule has 5 nitrogen and oxygen atoms in total. The third-order valence-corrected chi connectivity index (χ3v) is 5.28. The Bertz CT molecular complexity index is 603. The van der Waals surface area contributed by atoms with E-state index >= 15 is 0 Å². The third kappa shape index (κ3) is 3.80. The number of nitrogens with zero attached hydrogens (tertiary/aromatic N) is 1. The minimum atomic E-state index is -3.59. The number of amides is 1. The zero-order valence-corrected chi connectivity index (χ0v) is 13.6. The Hall–Kier alpha value is -0.920. The molecule has 1 aromatic carbocycles. The molecule has 110 valence electrons. The number of benzene rings is 1. The van der Waals surface area contributed by atoms with Crippen molar-refractivity contribution in [2.75, 3.05) is 25.4 Å². The van der Waals surface area contributed by atoms with Crippen molar-refractivity contribution in [2.45, 2.75) is 17.9 Å². The molecule has 0 aliphatic carbocycles. The SMILES string of the molecule is C[C@@H]1CN(C(=O)CS(=O)(=O)c2cccc(Br)c2)CCN1. The summed E-state index contributed by atoms with van der Waals surface area (Å²) in [6.07, 6.45) is 0. The highest BCUT2D eigenvalue weighted by atomic mass is 79.9. The van der Waals surface area contributed by atoms with Gasteiger partial charge in [0.25, 0.3) is 0 Å². The van der Waals surface area contributed by atoms with Crippen LogP contribution >= 0.6 is 15.9 Å². The molecule has 1 aliphatic heterocycles. The van der Waals surface area contributed by atoms with Gasteiger partial charge in [-0.05, 0) is 25.1 Å². The predicted molar refractivity (Wildman–Crippen MR) is 80.2 cm³/mol. The number of carbonyl (C=O) groups is 1. The molecular formula is C13H17BrN2O3S. The molecule has 1 aliphatic rings. The lowest BCUT2D eigenvalue weighted by Gasteiger charge is -2.31. The lowest BCUT2D eigenvalue weighted by molar-refractivity contribution is -0.129. The molecule has 0 aromatic heterocycles. The summed E-state index contributed by atoms with van der Waals surface area (Å²) in [6, 6.07) is 6.62. The molecule has 1 amide bonds. The van der Waals surface area contributed by atoms with Crippen LogP contribution in [0.2, 0.25) is 0 Å². The quantitative estimate of drug-likeness (QED) is 0.874. The van der Waals surface area contributed by atoms with Gasteiger partial charge in [-0.3, -0.25) is 4.79 Å². The van der Waals surface area contributed by atoms with Crippen LogP contribution in [0.3, 0.4) is 0 Å². The van der Waals surface area contributed by atoms with E-state index in [1.807, 2.05) is 6.92 Å². The average molecular weight is 361 g/mol. The molecule has 0 saturated carbocycles. The van der Waals surface area contributed by atoms with Crippen LogP contribution in [0.15, 0.2) is 33.6 Å². The Kier molecular flexibility index (Phi) is 4.82. The number of piperazine rings is 1. The summed E-state index contributed by atoms with van der Waals surface area (Å²) in [5.74, 6) is -0.811. The highest BCUT2D eigenvalue weighted by Crippen LogP contribution is 2.17. The van der Waals surface area contributed by atoms with Crippen molar-refractivity contribution in [1.29, 1.82) is 0 Å². The van der Waals surface area contributed by atoms with Crippen molar-refractivity contribution in [2.24, 2.45) is 0 Å². The van der Waals surface area contributed by atoms with E-state index in [2.05, 4.69) is 21.2 Å². The molecule has 1 fully saturated rings. The molecule has 20 heavy (non-hydrogen) atoms. The fraction of sp³-hybridized carbons (Fsp3) is 0.462. The number of hydrogen-bond acceptors (Lipinski definition) is 4. The topological polar surface area (TPSA) is 66.5 Å². The molecule has 7 heteroatoms. The molecule has 0 unspecified atom stereocenters. The second kappa shape index (κ2) is 6.24. The summed E-state index contributed by atoms with van der Waals surface area (Å²) in [7, 11) is -3.59. The zero-order chi connectivity index (χ0) is 14.8. The van der Waals surface area contributed by atoms with Crippen molar-refractivity contribution in [3.8, 4) is 0 Å². The maximum absolute atomic E-state index is 12.2. The number of halogens is 1. The van der Waals surface area contributed by atoms with E-state index in [4.69, 9.17) is 0 Å². The summed E-state index contributed by atoms with van der Waals surface area (Å²) < 4.78 is 25.2. The highest BCUT2D eigenvalue weighted by Gasteiger charge is 2.26. The molecule has 2 rings (SSSR count). The Balaban J connectivity index is 2.10. The van der Waals surface area contributed by atoms with Gasteiger partial charge in [0.2, 0.25) is 5.91 Å². The van der Waals surface area contributed by atoms with Crippen molar-refractivity contribution >= 4 is 31.7 Å². The first kappa shape index (κ1) is 15.5. The van der Waals surface area contributed by atoms with E-state index in [0.717, 1.165) is 0 Å². The minimum Gasteiger partial charge on any atom is -0.339 e. The number of hydrogen-bond donors (Lipinski definition) is 1. The monoisotopic (exact) mass is 360 g/mol. The highest BCUT2D eigenvalue weighted by molar-refractivity contribution is 9.10. The molecule has 0 radical (unpaired) electrons. The fourth-order valence-corrected chi connectivity index (χ4v) is 3.97. The minimum absolute atomic E-state index is 0.170. The molecule has 0 bridgehead atoms. The maximum Gasteiger partial charge on any atom is 0.238 e. The van der Waals surface area contributed by atoms with E-state index in [1.54, 1.807) is 17.0 Å². The lowest BCUT2D eigenvalue weighted by atomic mass is 10.2. The Morgan fingerprint density at radius 2 is 2.25 bits per heavy atom.